The molecule has 1 N–H and O–H groups in total. The molecular formula is C24H30N4. The molecule has 3 aromatic rings. The van der Waals surface area contributed by atoms with Gasteiger partial charge < -0.3 is 10.2 Å². The molecule has 2 aromatic carbocycles. The van der Waals surface area contributed by atoms with Crippen molar-refractivity contribution < 1.29 is 0 Å². The van der Waals surface area contributed by atoms with Gasteiger partial charge in [0.2, 0.25) is 0 Å². The van der Waals surface area contributed by atoms with Gasteiger partial charge in [-0.3, -0.25) is 0 Å². The van der Waals surface area contributed by atoms with Crippen LogP contribution >= 0.6 is 0 Å². The highest BCUT2D eigenvalue weighted by atomic mass is 15.3. The number of hydrogen-bond acceptors (Lipinski definition) is 4. The molecule has 4 nitrogen and oxygen atoms in total. The molecule has 1 fully saturated rings. The summed E-state index contributed by atoms with van der Waals surface area (Å²) in [5.41, 5.74) is 2.23. The van der Waals surface area contributed by atoms with Crippen molar-refractivity contribution in [1.82, 2.24) is 15.5 Å². The Hall–Kier alpha value is -2.46. The van der Waals surface area contributed by atoms with E-state index in [9.17, 15) is 0 Å². The summed E-state index contributed by atoms with van der Waals surface area (Å²) >= 11 is 0. The van der Waals surface area contributed by atoms with Gasteiger partial charge in [-0.1, -0.05) is 36.4 Å². The first-order valence-electron chi connectivity index (χ1n) is 10.1. The van der Waals surface area contributed by atoms with Crippen LogP contribution in [0.5, 0.6) is 0 Å². The first-order valence-corrected chi connectivity index (χ1v) is 10.1. The van der Waals surface area contributed by atoms with Crippen LogP contribution in [0.1, 0.15) is 40.5 Å². The average molecular weight is 375 g/mol. The molecule has 0 spiro atoms. The summed E-state index contributed by atoms with van der Waals surface area (Å²) in [5.74, 6) is 0.933. The minimum absolute atomic E-state index is 0.110. The number of piperidine rings is 1. The van der Waals surface area contributed by atoms with E-state index in [1.165, 1.54) is 10.8 Å². The molecule has 1 saturated heterocycles. The van der Waals surface area contributed by atoms with Crippen LogP contribution in [-0.2, 0) is 0 Å². The zero-order valence-corrected chi connectivity index (χ0v) is 17.5. The molecule has 1 aromatic heterocycles. The van der Waals surface area contributed by atoms with Crippen LogP contribution in [0.3, 0.4) is 0 Å². The van der Waals surface area contributed by atoms with Crippen molar-refractivity contribution in [1.29, 1.82) is 0 Å². The molecule has 0 bridgehead atoms. The summed E-state index contributed by atoms with van der Waals surface area (Å²) in [6, 6.07) is 19.5. The fourth-order valence-corrected chi connectivity index (χ4v) is 4.75. The number of aromatic nitrogens is 2. The Kier molecular flexibility index (Phi) is 4.62. The number of rotatable bonds is 3. The van der Waals surface area contributed by atoms with Crippen LogP contribution in [-0.4, -0.2) is 34.4 Å². The van der Waals surface area contributed by atoms with E-state index < -0.39 is 0 Å². The largest absolute Gasteiger partial charge is 0.355 e. The van der Waals surface area contributed by atoms with Gasteiger partial charge in [0.15, 0.2) is 5.82 Å². The molecule has 4 rings (SSSR count). The topological polar surface area (TPSA) is 41.1 Å². The number of hydrogen-bond donors (Lipinski definition) is 1. The summed E-state index contributed by atoms with van der Waals surface area (Å²) in [4.78, 5) is 2.29. The molecular weight excluding hydrogens is 344 g/mol. The second-order valence-corrected chi connectivity index (χ2v) is 9.40. The maximum absolute atomic E-state index is 4.56. The average Bonchev–Trinajstić information content (AvgIpc) is 2.65. The molecule has 146 valence electrons. The van der Waals surface area contributed by atoms with Gasteiger partial charge in [0.25, 0.3) is 0 Å². The summed E-state index contributed by atoms with van der Waals surface area (Å²) in [5, 5.41) is 15.3. The number of nitrogens with one attached hydrogen (secondary N) is 1. The highest BCUT2D eigenvalue weighted by molar-refractivity contribution is 5.86. The molecule has 0 radical (unpaired) electrons. The highest BCUT2D eigenvalue weighted by Crippen LogP contribution is 2.33. The van der Waals surface area contributed by atoms with E-state index in [0.29, 0.717) is 6.04 Å². The molecule has 28 heavy (non-hydrogen) atoms. The molecule has 0 amide bonds. The maximum Gasteiger partial charge on any atom is 0.151 e. The van der Waals surface area contributed by atoms with Crippen LogP contribution < -0.4 is 10.2 Å². The Labute approximate surface area is 168 Å². The fraction of sp³-hybridized carbons (Fsp3) is 0.417. The second-order valence-electron chi connectivity index (χ2n) is 9.40. The van der Waals surface area contributed by atoms with E-state index >= 15 is 0 Å². The van der Waals surface area contributed by atoms with Gasteiger partial charge in [-0.2, -0.15) is 0 Å². The highest BCUT2D eigenvalue weighted by Gasteiger charge is 2.39. The van der Waals surface area contributed by atoms with E-state index in [-0.39, 0.29) is 11.1 Å². The monoisotopic (exact) mass is 374 g/mol. The summed E-state index contributed by atoms with van der Waals surface area (Å²) in [6.07, 6.45) is 2.17. The number of nitrogens with zero attached hydrogens (tertiary/aromatic N) is 3. The standard InChI is InChI=1S/C24H30N4/c1-23(2)15-20(16-24(3,4)27-23)28(5)22-13-12-21(25-26-22)19-11-10-17-8-6-7-9-18(17)14-19/h6-14,20,27H,15-16H2,1-5H3. The quantitative estimate of drug-likeness (QED) is 0.697. The third-order valence-corrected chi connectivity index (χ3v) is 5.77. The molecule has 0 aliphatic carbocycles. The van der Waals surface area contributed by atoms with Crippen molar-refractivity contribution in [2.75, 3.05) is 11.9 Å². The van der Waals surface area contributed by atoms with Gasteiger partial charge in [0.05, 0.1) is 5.69 Å². The lowest BCUT2D eigenvalue weighted by Crippen LogP contribution is -2.62. The SMILES string of the molecule is CN(c1ccc(-c2ccc3ccccc3c2)nn1)C1CC(C)(C)NC(C)(C)C1. The minimum Gasteiger partial charge on any atom is -0.355 e. The molecule has 2 heterocycles. The summed E-state index contributed by atoms with van der Waals surface area (Å²) in [7, 11) is 2.14. The van der Waals surface area contributed by atoms with Crippen molar-refractivity contribution in [3.8, 4) is 11.3 Å². The van der Waals surface area contributed by atoms with Gasteiger partial charge in [0, 0.05) is 29.7 Å². The minimum atomic E-state index is 0.110. The first-order chi connectivity index (χ1) is 13.2. The lowest BCUT2D eigenvalue weighted by atomic mass is 9.79. The Morgan fingerprint density at radius 2 is 1.54 bits per heavy atom. The number of anilines is 1. The van der Waals surface area contributed by atoms with Crippen molar-refractivity contribution in [3.05, 3.63) is 54.6 Å². The van der Waals surface area contributed by atoms with E-state index in [1.807, 2.05) is 0 Å². The maximum atomic E-state index is 4.56. The van der Waals surface area contributed by atoms with Crippen LogP contribution in [0.15, 0.2) is 54.6 Å². The molecule has 1 aliphatic heterocycles. The molecule has 0 saturated carbocycles. The van der Waals surface area contributed by atoms with Crippen molar-refractivity contribution in [2.24, 2.45) is 0 Å². The molecule has 0 unspecified atom stereocenters. The molecule has 0 atom stereocenters. The Bertz CT molecular complexity index is 959. The van der Waals surface area contributed by atoms with Gasteiger partial charge in [0.1, 0.15) is 0 Å². The van der Waals surface area contributed by atoms with Crippen LogP contribution in [0.25, 0.3) is 22.0 Å². The smallest absolute Gasteiger partial charge is 0.151 e. The fourth-order valence-electron chi connectivity index (χ4n) is 4.75. The van der Waals surface area contributed by atoms with Crippen LogP contribution in [0.4, 0.5) is 5.82 Å². The summed E-state index contributed by atoms with van der Waals surface area (Å²) < 4.78 is 0. The Balaban J connectivity index is 1.57. The van der Waals surface area contributed by atoms with Gasteiger partial charge >= 0.3 is 0 Å². The predicted molar refractivity (Wildman–Crippen MR) is 118 cm³/mol. The number of fused-ring (bicyclic) bond motifs is 1. The van der Waals surface area contributed by atoms with E-state index in [4.69, 9.17) is 0 Å². The lowest BCUT2D eigenvalue weighted by molar-refractivity contribution is 0.160. The zero-order chi connectivity index (χ0) is 19.9. The van der Waals surface area contributed by atoms with Gasteiger partial charge in [-0.25, -0.2) is 0 Å². The van der Waals surface area contributed by atoms with E-state index in [1.54, 1.807) is 0 Å². The van der Waals surface area contributed by atoms with Crippen LogP contribution in [0, 0.1) is 0 Å². The third-order valence-electron chi connectivity index (χ3n) is 5.77. The van der Waals surface area contributed by atoms with Crippen molar-refractivity contribution in [3.63, 3.8) is 0 Å². The van der Waals surface area contributed by atoms with Crippen LogP contribution in [0.2, 0.25) is 0 Å². The van der Waals surface area contributed by atoms with E-state index in [2.05, 4.69) is 110 Å². The molecule has 4 heteroatoms. The van der Waals surface area contributed by atoms with Gasteiger partial charge in [-0.05, 0) is 69.5 Å². The number of benzene rings is 2. The summed E-state index contributed by atoms with van der Waals surface area (Å²) in [6.45, 7) is 9.12. The Morgan fingerprint density at radius 1 is 0.857 bits per heavy atom. The third kappa shape index (κ3) is 3.88. The second kappa shape index (κ2) is 6.85. The zero-order valence-electron chi connectivity index (χ0n) is 17.5. The van der Waals surface area contributed by atoms with E-state index in [0.717, 1.165) is 29.9 Å². The molecule has 1 aliphatic rings. The Morgan fingerprint density at radius 3 is 2.18 bits per heavy atom. The van der Waals surface area contributed by atoms with Crippen molar-refractivity contribution >= 4 is 16.6 Å². The predicted octanol–water partition coefficient (Wildman–Crippen LogP) is 5.04. The van der Waals surface area contributed by atoms with Gasteiger partial charge in [-0.15, -0.1) is 10.2 Å². The normalized spacial score (nSPS) is 18.9. The first kappa shape index (κ1) is 18.9. The lowest BCUT2D eigenvalue weighted by Gasteiger charge is -2.49. The van der Waals surface area contributed by atoms with Crippen molar-refractivity contribution in [2.45, 2.75) is 57.7 Å².